The number of carboxylic acids is 2. The summed E-state index contributed by atoms with van der Waals surface area (Å²) in [7, 11) is 0. The van der Waals surface area contributed by atoms with Crippen molar-refractivity contribution in [2.45, 2.75) is 103 Å². The van der Waals surface area contributed by atoms with Gasteiger partial charge in [0.1, 0.15) is 0 Å². The first kappa shape index (κ1) is 24.6. The molecule has 0 aromatic heterocycles. The van der Waals surface area contributed by atoms with Crippen LogP contribution in [0, 0.1) is 5.92 Å². The lowest BCUT2D eigenvalue weighted by molar-refractivity contribution is -0.144. The largest absolute Gasteiger partial charge is 0.481 e. The van der Waals surface area contributed by atoms with Crippen LogP contribution < -0.4 is 0 Å². The maximum Gasteiger partial charge on any atom is 0.331 e. The molecule has 2 atom stereocenters. The Balaban J connectivity index is 3.44. The van der Waals surface area contributed by atoms with Crippen LogP contribution >= 0.6 is 0 Å². The van der Waals surface area contributed by atoms with E-state index in [1.54, 1.807) is 0 Å². The average Bonchev–Trinajstić information content (AvgIpc) is 2.57. The van der Waals surface area contributed by atoms with Crippen LogP contribution in [0.2, 0.25) is 0 Å². The van der Waals surface area contributed by atoms with Gasteiger partial charge in [-0.3, -0.25) is 4.79 Å². The standard InChI is InChI=1S/C21H38O5/c1-17(22)15-13-11-9-7-5-3-4-6-8-10-12-14-16-19(21(25)26)18(2)20(23)24/h17,19,22H,2-16H2,1H3,(H,23,24)(H,25,26). The van der Waals surface area contributed by atoms with Crippen LogP contribution in [0.4, 0.5) is 0 Å². The van der Waals surface area contributed by atoms with Crippen LogP contribution in [0.25, 0.3) is 0 Å². The second-order valence-electron chi connectivity index (χ2n) is 7.39. The Hall–Kier alpha value is -1.36. The molecule has 5 heteroatoms. The van der Waals surface area contributed by atoms with E-state index in [0.717, 1.165) is 38.5 Å². The first-order valence-corrected chi connectivity index (χ1v) is 10.2. The highest BCUT2D eigenvalue weighted by Gasteiger charge is 2.24. The molecule has 0 heterocycles. The summed E-state index contributed by atoms with van der Waals surface area (Å²) in [4.78, 5) is 21.9. The molecule has 0 rings (SSSR count). The molecule has 2 unspecified atom stereocenters. The van der Waals surface area contributed by atoms with Gasteiger partial charge in [0.15, 0.2) is 0 Å². The normalized spacial score (nSPS) is 13.3. The monoisotopic (exact) mass is 370 g/mol. The van der Waals surface area contributed by atoms with E-state index in [0.29, 0.717) is 6.42 Å². The molecule has 0 radical (unpaired) electrons. The zero-order chi connectivity index (χ0) is 19.8. The quantitative estimate of drug-likeness (QED) is 0.228. The van der Waals surface area contributed by atoms with Crippen molar-refractivity contribution in [1.29, 1.82) is 0 Å². The van der Waals surface area contributed by atoms with Crippen LogP contribution in [0.3, 0.4) is 0 Å². The molecule has 0 aromatic carbocycles. The van der Waals surface area contributed by atoms with E-state index < -0.39 is 17.9 Å². The van der Waals surface area contributed by atoms with Crippen molar-refractivity contribution in [3.05, 3.63) is 12.2 Å². The van der Waals surface area contributed by atoms with E-state index in [2.05, 4.69) is 6.58 Å². The van der Waals surface area contributed by atoms with Gasteiger partial charge in [-0.25, -0.2) is 4.79 Å². The van der Waals surface area contributed by atoms with Gasteiger partial charge >= 0.3 is 11.9 Å². The number of unbranched alkanes of at least 4 members (excludes halogenated alkanes) is 11. The highest BCUT2D eigenvalue weighted by molar-refractivity contribution is 5.93. The first-order chi connectivity index (χ1) is 12.4. The van der Waals surface area contributed by atoms with Crippen LogP contribution in [-0.2, 0) is 9.59 Å². The Morgan fingerprint density at radius 2 is 1.08 bits per heavy atom. The molecule has 152 valence electrons. The fourth-order valence-electron chi connectivity index (χ4n) is 3.15. The Labute approximate surface area is 158 Å². The average molecular weight is 371 g/mol. The van der Waals surface area contributed by atoms with Crippen molar-refractivity contribution in [2.24, 2.45) is 5.92 Å². The molecular weight excluding hydrogens is 332 g/mol. The van der Waals surface area contributed by atoms with Crippen molar-refractivity contribution in [2.75, 3.05) is 0 Å². The molecule has 0 saturated heterocycles. The number of hydrogen-bond donors (Lipinski definition) is 3. The highest BCUT2D eigenvalue weighted by Crippen LogP contribution is 2.19. The molecule has 0 aliphatic rings. The second-order valence-corrected chi connectivity index (χ2v) is 7.39. The van der Waals surface area contributed by atoms with Crippen molar-refractivity contribution in [1.82, 2.24) is 0 Å². The maximum absolute atomic E-state index is 11.1. The lowest BCUT2D eigenvalue weighted by atomic mass is 9.93. The van der Waals surface area contributed by atoms with E-state index in [-0.39, 0.29) is 11.7 Å². The zero-order valence-electron chi connectivity index (χ0n) is 16.4. The van der Waals surface area contributed by atoms with Gasteiger partial charge < -0.3 is 15.3 Å². The minimum Gasteiger partial charge on any atom is -0.481 e. The molecular formula is C21H38O5. The molecule has 0 aliphatic carbocycles. The summed E-state index contributed by atoms with van der Waals surface area (Å²) < 4.78 is 0. The third kappa shape index (κ3) is 13.9. The molecule has 0 saturated carbocycles. The Morgan fingerprint density at radius 3 is 1.38 bits per heavy atom. The minimum atomic E-state index is -1.22. The predicted molar refractivity (Wildman–Crippen MR) is 104 cm³/mol. The van der Waals surface area contributed by atoms with Gasteiger partial charge in [-0.2, -0.15) is 0 Å². The Bertz CT molecular complexity index is 403. The molecule has 0 spiro atoms. The summed E-state index contributed by atoms with van der Waals surface area (Å²) in [5.41, 5.74) is -0.219. The summed E-state index contributed by atoms with van der Waals surface area (Å²) >= 11 is 0. The van der Waals surface area contributed by atoms with Gasteiger partial charge in [0.2, 0.25) is 0 Å². The molecule has 0 aromatic rings. The molecule has 0 amide bonds. The predicted octanol–water partition coefficient (Wildman–Crippen LogP) is 5.17. The molecule has 5 nitrogen and oxygen atoms in total. The SMILES string of the molecule is C=C(C(=O)O)C(CCCCCCCCCCCCCCC(C)O)C(=O)O. The smallest absolute Gasteiger partial charge is 0.331 e. The number of rotatable bonds is 18. The zero-order valence-corrected chi connectivity index (χ0v) is 16.4. The lowest BCUT2D eigenvalue weighted by Gasteiger charge is -2.11. The number of aliphatic hydroxyl groups excluding tert-OH is 1. The molecule has 26 heavy (non-hydrogen) atoms. The first-order valence-electron chi connectivity index (χ1n) is 10.2. The number of aliphatic carboxylic acids is 2. The Kier molecular flexibility index (Phi) is 15.0. The third-order valence-corrected chi connectivity index (χ3v) is 4.86. The van der Waals surface area contributed by atoms with Gasteiger partial charge in [0.05, 0.1) is 12.0 Å². The van der Waals surface area contributed by atoms with Gasteiger partial charge in [-0.05, 0) is 19.8 Å². The molecule has 0 aliphatic heterocycles. The van der Waals surface area contributed by atoms with Crippen molar-refractivity contribution in [3.63, 3.8) is 0 Å². The minimum absolute atomic E-state index is 0.166. The van der Waals surface area contributed by atoms with Crippen molar-refractivity contribution < 1.29 is 24.9 Å². The third-order valence-electron chi connectivity index (χ3n) is 4.86. The number of carboxylic acid groups (broad SMARTS) is 2. The summed E-state index contributed by atoms with van der Waals surface area (Å²) in [5.74, 6) is -3.28. The molecule has 0 bridgehead atoms. The van der Waals surface area contributed by atoms with Crippen molar-refractivity contribution in [3.8, 4) is 0 Å². The topological polar surface area (TPSA) is 94.8 Å². The number of carbonyl (C=O) groups is 2. The van der Waals surface area contributed by atoms with E-state index in [9.17, 15) is 14.7 Å². The highest BCUT2D eigenvalue weighted by atomic mass is 16.4. The maximum atomic E-state index is 11.1. The van der Waals surface area contributed by atoms with E-state index >= 15 is 0 Å². The summed E-state index contributed by atoms with van der Waals surface area (Å²) in [5, 5.41) is 27.1. The van der Waals surface area contributed by atoms with Gasteiger partial charge in [0, 0.05) is 5.57 Å². The Morgan fingerprint density at radius 1 is 0.731 bits per heavy atom. The lowest BCUT2D eigenvalue weighted by Crippen LogP contribution is -2.20. The molecule has 0 fully saturated rings. The second kappa shape index (κ2) is 15.9. The van der Waals surface area contributed by atoms with Gasteiger partial charge in [0.25, 0.3) is 0 Å². The fourth-order valence-corrected chi connectivity index (χ4v) is 3.15. The van der Waals surface area contributed by atoms with E-state index in [4.69, 9.17) is 10.2 Å². The summed E-state index contributed by atoms with van der Waals surface area (Å²) in [6.45, 7) is 5.22. The van der Waals surface area contributed by atoms with Gasteiger partial charge in [-0.1, -0.05) is 83.6 Å². The van der Waals surface area contributed by atoms with Crippen LogP contribution in [-0.4, -0.2) is 33.4 Å². The summed E-state index contributed by atoms with van der Waals surface area (Å²) in [6.07, 6.45) is 14.9. The van der Waals surface area contributed by atoms with Crippen LogP contribution in [0.1, 0.15) is 96.8 Å². The number of hydrogen-bond acceptors (Lipinski definition) is 3. The van der Waals surface area contributed by atoms with Gasteiger partial charge in [-0.15, -0.1) is 0 Å². The fraction of sp³-hybridized carbons (Fsp3) is 0.810. The number of aliphatic hydroxyl groups is 1. The van der Waals surface area contributed by atoms with Crippen LogP contribution in [0.5, 0.6) is 0 Å². The van der Waals surface area contributed by atoms with E-state index in [1.807, 2.05) is 6.92 Å². The summed E-state index contributed by atoms with van der Waals surface area (Å²) in [6, 6.07) is 0. The van der Waals surface area contributed by atoms with Crippen LogP contribution in [0.15, 0.2) is 12.2 Å². The van der Waals surface area contributed by atoms with Crippen molar-refractivity contribution >= 4 is 11.9 Å². The van der Waals surface area contributed by atoms with E-state index in [1.165, 1.54) is 44.9 Å². The molecule has 3 N–H and O–H groups in total.